The number of nitrogens with zero attached hydrogens (tertiary/aromatic N) is 2. The molecule has 9 nitrogen and oxygen atoms in total. The minimum absolute atomic E-state index is 0.207. The number of phosphoric acid groups is 1. The van der Waals surface area contributed by atoms with Gasteiger partial charge in [0.15, 0.2) is 11.7 Å². The molecule has 0 spiro atoms. The Labute approximate surface area is 160 Å². The molecule has 0 aromatic carbocycles. The zero-order chi connectivity index (χ0) is 21.1. The Balaban J connectivity index is 2.08. The van der Waals surface area contributed by atoms with Crippen LogP contribution in [0.3, 0.4) is 0 Å². The van der Waals surface area contributed by atoms with Crippen LogP contribution in [-0.4, -0.2) is 46.3 Å². The number of nitrogens with two attached hydrogens (primary N) is 1. The Kier molecular flexibility index (Phi) is 5.31. The highest BCUT2D eigenvalue weighted by Gasteiger charge is 2.75. The van der Waals surface area contributed by atoms with Crippen LogP contribution in [0.4, 0.5) is 23.4 Å². The van der Waals surface area contributed by atoms with Crippen molar-refractivity contribution in [2.45, 2.75) is 50.2 Å². The van der Waals surface area contributed by atoms with Crippen molar-refractivity contribution in [1.82, 2.24) is 9.55 Å². The number of halogens is 5. The SMILES string of the molecule is CC(C)OP1(=O)OC[C@@]2(C(F)F)O[C@@H](n3cc(Cl)c(N)nc3=O)C(F)(F)[C@@H]2O1. The van der Waals surface area contributed by atoms with Gasteiger partial charge >= 0.3 is 19.4 Å². The summed E-state index contributed by atoms with van der Waals surface area (Å²) in [6, 6.07) is 0. The van der Waals surface area contributed by atoms with Crippen LogP contribution < -0.4 is 11.4 Å². The summed E-state index contributed by atoms with van der Waals surface area (Å²) < 4.78 is 89.4. The number of aromatic nitrogens is 2. The predicted molar refractivity (Wildman–Crippen MR) is 86.4 cm³/mol. The largest absolute Gasteiger partial charge is 0.475 e. The summed E-state index contributed by atoms with van der Waals surface area (Å²) >= 11 is 5.69. The molecule has 2 fully saturated rings. The highest BCUT2D eigenvalue weighted by Crippen LogP contribution is 2.64. The summed E-state index contributed by atoms with van der Waals surface area (Å²) in [5.74, 6) is -4.71. The molecule has 1 unspecified atom stereocenters. The Morgan fingerprint density at radius 2 is 2.11 bits per heavy atom. The first-order chi connectivity index (χ1) is 12.8. The molecule has 15 heteroatoms. The summed E-state index contributed by atoms with van der Waals surface area (Å²) in [7, 11) is -4.59. The van der Waals surface area contributed by atoms with E-state index in [-0.39, 0.29) is 9.59 Å². The number of phosphoric ester groups is 1. The number of nitrogen functional groups attached to an aromatic ring is 1. The molecule has 4 atom stereocenters. The summed E-state index contributed by atoms with van der Waals surface area (Å²) in [4.78, 5) is 15.2. The highest BCUT2D eigenvalue weighted by atomic mass is 35.5. The third-order valence-corrected chi connectivity index (χ3v) is 5.92. The lowest BCUT2D eigenvalue weighted by Crippen LogP contribution is -2.57. The summed E-state index contributed by atoms with van der Waals surface area (Å²) in [5.41, 5.74) is 0.986. The number of ether oxygens (including phenoxy) is 1. The van der Waals surface area contributed by atoms with Gasteiger partial charge in [-0.2, -0.15) is 13.8 Å². The van der Waals surface area contributed by atoms with Crippen LogP contribution in [-0.2, 0) is 22.9 Å². The number of hydrogen-bond donors (Lipinski definition) is 1. The molecule has 3 rings (SSSR count). The molecule has 3 heterocycles. The van der Waals surface area contributed by atoms with E-state index in [2.05, 4.69) is 4.98 Å². The van der Waals surface area contributed by atoms with E-state index >= 15 is 8.78 Å². The van der Waals surface area contributed by atoms with Crippen LogP contribution >= 0.6 is 19.4 Å². The van der Waals surface area contributed by atoms with Crippen molar-refractivity contribution in [3.63, 3.8) is 0 Å². The van der Waals surface area contributed by atoms with E-state index in [1.165, 1.54) is 13.8 Å². The monoisotopic (exact) mass is 451 g/mol. The van der Waals surface area contributed by atoms with Crippen molar-refractivity contribution < 1.29 is 40.4 Å². The van der Waals surface area contributed by atoms with E-state index in [1.807, 2.05) is 0 Å². The van der Waals surface area contributed by atoms with Gasteiger partial charge in [-0.05, 0) is 13.8 Å². The van der Waals surface area contributed by atoms with Crippen LogP contribution in [0, 0.1) is 0 Å². The zero-order valence-electron chi connectivity index (χ0n) is 14.4. The number of anilines is 1. The third-order valence-electron chi connectivity index (χ3n) is 4.03. The van der Waals surface area contributed by atoms with Gasteiger partial charge in [0.25, 0.3) is 6.43 Å². The third kappa shape index (κ3) is 3.33. The lowest BCUT2D eigenvalue weighted by Gasteiger charge is -2.39. The molecule has 2 N–H and O–H groups in total. The summed E-state index contributed by atoms with van der Waals surface area (Å²) in [6.07, 6.45) is -8.99. The molecule has 0 bridgehead atoms. The van der Waals surface area contributed by atoms with E-state index in [0.717, 1.165) is 0 Å². The molecular formula is C13H15ClF4N3O6P. The first-order valence-corrected chi connectivity index (χ1v) is 9.65. The standard InChI is InChI=1S/C13H15ClF4N3O6P/c1-5(2)26-28(23)24-4-12(9(15)16)8(27-28)13(17,18)10(25-12)21-3-6(14)7(19)20-11(21)22/h3,5,8-10H,4H2,1-2H3,(H2,19,20,22)/t8-,10-,12-,28?/m1/s1. The predicted octanol–water partition coefficient (Wildman–Crippen LogP) is 2.60. The average Bonchev–Trinajstić information content (AvgIpc) is 2.79. The number of rotatable bonds is 4. The molecule has 0 saturated carbocycles. The van der Waals surface area contributed by atoms with Crippen molar-refractivity contribution in [3.8, 4) is 0 Å². The molecule has 0 amide bonds. The Hall–Kier alpha value is -1.24. The van der Waals surface area contributed by atoms with Gasteiger partial charge in [-0.3, -0.25) is 18.1 Å². The number of fused-ring (bicyclic) bond motifs is 1. The van der Waals surface area contributed by atoms with Crippen LogP contribution in [0.1, 0.15) is 20.1 Å². The normalized spacial score (nSPS) is 34.8. The van der Waals surface area contributed by atoms with E-state index in [9.17, 15) is 18.1 Å². The van der Waals surface area contributed by atoms with Crippen LogP contribution in [0.2, 0.25) is 5.02 Å². The van der Waals surface area contributed by atoms with Crippen molar-refractivity contribution in [2.75, 3.05) is 12.3 Å². The smallest absolute Gasteiger partial charge is 0.382 e. The van der Waals surface area contributed by atoms with Crippen LogP contribution in [0.15, 0.2) is 11.0 Å². The lowest BCUT2D eigenvalue weighted by molar-refractivity contribution is -0.209. The average molecular weight is 452 g/mol. The first kappa shape index (κ1) is 21.5. The fraction of sp³-hybridized carbons (Fsp3) is 0.692. The van der Waals surface area contributed by atoms with Crippen molar-refractivity contribution in [2.24, 2.45) is 0 Å². The van der Waals surface area contributed by atoms with Crippen LogP contribution in [0.5, 0.6) is 0 Å². The minimum Gasteiger partial charge on any atom is -0.382 e. The van der Waals surface area contributed by atoms with E-state index in [1.54, 1.807) is 0 Å². The maximum atomic E-state index is 15.1. The second-order valence-corrected chi connectivity index (χ2v) is 8.41. The molecule has 2 aliphatic rings. The molecule has 0 aliphatic carbocycles. The quantitative estimate of drug-likeness (QED) is 0.549. The van der Waals surface area contributed by atoms with E-state index in [0.29, 0.717) is 6.20 Å². The molecule has 1 aromatic heterocycles. The first-order valence-electron chi connectivity index (χ1n) is 7.82. The lowest BCUT2D eigenvalue weighted by atomic mass is 9.96. The molecule has 28 heavy (non-hydrogen) atoms. The maximum absolute atomic E-state index is 15.1. The highest BCUT2D eigenvalue weighted by molar-refractivity contribution is 7.48. The topological polar surface area (TPSA) is 115 Å². The van der Waals surface area contributed by atoms with Crippen LogP contribution in [0.25, 0.3) is 0 Å². The second kappa shape index (κ2) is 6.92. The fourth-order valence-electron chi connectivity index (χ4n) is 2.82. The van der Waals surface area contributed by atoms with Gasteiger partial charge in [-0.1, -0.05) is 11.6 Å². The van der Waals surface area contributed by atoms with Gasteiger partial charge in [-0.15, -0.1) is 0 Å². The molecule has 0 radical (unpaired) electrons. The Bertz CT molecular complexity index is 886. The summed E-state index contributed by atoms with van der Waals surface area (Å²) in [6.45, 7) is 1.60. The van der Waals surface area contributed by atoms with Gasteiger partial charge in [0, 0.05) is 6.20 Å². The fourth-order valence-corrected chi connectivity index (χ4v) is 4.59. The second-order valence-electron chi connectivity index (χ2n) is 6.42. The zero-order valence-corrected chi connectivity index (χ0v) is 16.0. The van der Waals surface area contributed by atoms with Gasteiger partial charge in [0.1, 0.15) is 5.82 Å². The molecule has 2 saturated heterocycles. The van der Waals surface area contributed by atoms with Crippen molar-refractivity contribution in [1.29, 1.82) is 0 Å². The van der Waals surface area contributed by atoms with Gasteiger partial charge in [-0.25, -0.2) is 18.1 Å². The van der Waals surface area contributed by atoms with Gasteiger partial charge < -0.3 is 10.5 Å². The van der Waals surface area contributed by atoms with Crippen molar-refractivity contribution >= 4 is 25.2 Å². The van der Waals surface area contributed by atoms with Gasteiger partial charge in [0.05, 0.1) is 17.7 Å². The molecule has 1 aromatic rings. The molecular weight excluding hydrogens is 437 g/mol. The van der Waals surface area contributed by atoms with E-state index in [4.69, 9.17) is 35.6 Å². The molecule has 158 valence electrons. The molecule has 2 aliphatic heterocycles. The maximum Gasteiger partial charge on any atom is 0.475 e. The van der Waals surface area contributed by atoms with Gasteiger partial charge in [0.2, 0.25) is 6.23 Å². The minimum atomic E-state index is -4.59. The van der Waals surface area contributed by atoms with E-state index < -0.39 is 62.3 Å². The summed E-state index contributed by atoms with van der Waals surface area (Å²) in [5, 5.41) is -0.383. The Morgan fingerprint density at radius 3 is 2.68 bits per heavy atom. The van der Waals surface area contributed by atoms with Crippen molar-refractivity contribution in [3.05, 3.63) is 21.7 Å². The number of alkyl halides is 4. The number of hydrogen-bond acceptors (Lipinski definition) is 8. The Morgan fingerprint density at radius 1 is 1.46 bits per heavy atom.